The minimum Gasteiger partial charge on any atom is -0.386 e. The van der Waals surface area contributed by atoms with E-state index in [-0.39, 0.29) is 12.5 Å². The van der Waals surface area contributed by atoms with E-state index in [9.17, 15) is 9.90 Å². The van der Waals surface area contributed by atoms with Crippen molar-refractivity contribution in [1.29, 1.82) is 0 Å². The van der Waals surface area contributed by atoms with Crippen LogP contribution in [0.4, 0.5) is 0 Å². The van der Waals surface area contributed by atoms with Crippen molar-refractivity contribution in [2.24, 2.45) is 5.73 Å². The van der Waals surface area contributed by atoms with E-state index in [0.29, 0.717) is 13.0 Å². The minimum atomic E-state index is -0.640. The first-order valence-electron chi connectivity index (χ1n) is 7.84. The summed E-state index contributed by atoms with van der Waals surface area (Å²) in [6.07, 6.45) is 3.89. The molecule has 2 aromatic rings. The molecule has 4 nitrogen and oxygen atoms in total. The maximum atomic E-state index is 11.7. The van der Waals surface area contributed by atoms with Gasteiger partial charge in [-0.1, -0.05) is 31.0 Å². The molecule has 1 aromatic carbocycles. The Morgan fingerprint density at radius 2 is 2.00 bits per heavy atom. The fourth-order valence-electron chi connectivity index (χ4n) is 2.35. The highest BCUT2D eigenvalue weighted by Gasteiger charge is 2.12. The summed E-state index contributed by atoms with van der Waals surface area (Å²) in [4.78, 5) is 12.6. The number of aliphatic hydroxyl groups excluding tert-OH is 1. The summed E-state index contributed by atoms with van der Waals surface area (Å²) >= 11 is 1.57. The normalized spacial score (nSPS) is 12.5. The average molecular weight is 320 g/mol. The SMILES string of the molecule is NCCCCCCC(=O)NCC(O)c1cc2ccccc2s1. The van der Waals surface area contributed by atoms with Crippen molar-refractivity contribution in [1.82, 2.24) is 5.32 Å². The molecule has 1 atom stereocenters. The highest BCUT2D eigenvalue weighted by atomic mass is 32.1. The van der Waals surface area contributed by atoms with Crippen molar-refractivity contribution in [3.63, 3.8) is 0 Å². The molecule has 2 rings (SSSR count). The third-order valence-electron chi connectivity index (χ3n) is 3.62. The monoisotopic (exact) mass is 320 g/mol. The lowest BCUT2D eigenvalue weighted by Crippen LogP contribution is -2.27. The Morgan fingerprint density at radius 1 is 1.23 bits per heavy atom. The van der Waals surface area contributed by atoms with Gasteiger partial charge in [0.25, 0.3) is 0 Å². The minimum absolute atomic E-state index is 0.00732. The van der Waals surface area contributed by atoms with E-state index in [0.717, 1.165) is 40.6 Å². The average Bonchev–Trinajstić information content (AvgIpc) is 2.96. The summed E-state index contributed by atoms with van der Waals surface area (Å²) in [6, 6.07) is 10.0. The van der Waals surface area contributed by atoms with E-state index < -0.39 is 6.10 Å². The number of amides is 1. The summed E-state index contributed by atoms with van der Waals surface area (Å²) in [5.74, 6) is 0.00732. The Kier molecular flexibility index (Phi) is 6.83. The lowest BCUT2D eigenvalue weighted by atomic mass is 10.1. The van der Waals surface area contributed by atoms with Crippen molar-refractivity contribution in [2.75, 3.05) is 13.1 Å². The van der Waals surface area contributed by atoms with E-state index in [1.54, 1.807) is 11.3 Å². The van der Waals surface area contributed by atoms with Crippen LogP contribution < -0.4 is 11.1 Å². The van der Waals surface area contributed by atoms with E-state index in [1.165, 1.54) is 0 Å². The quantitative estimate of drug-likeness (QED) is 0.622. The number of carbonyl (C=O) groups is 1. The van der Waals surface area contributed by atoms with Gasteiger partial charge in [0.15, 0.2) is 0 Å². The molecule has 1 unspecified atom stereocenters. The number of nitrogens with two attached hydrogens (primary N) is 1. The molecule has 22 heavy (non-hydrogen) atoms. The Balaban J connectivity index is 1.72. The van der Waals surface area contributed by atoms with Gasteiger partial charge in [0.05, 0.1) is 0 Å². The van der Waals surface area contributed by atoms with Crippen molar-refractivity contribution in [3.05, 3.63) is 35.2 Å². The number of rotatable bonds is 9. The summed E-state index contributed by atoms with van der Waals surface area (Å²) in [5.41, 5.74) is 5.43. The van der Waals surface area contributed by atoms with Gasteiger partial charge in [-0.3, -0.25) is 4.79 Å². The van der Waals surface area contributed by atoms with Gasteiger partial charge in [-0.15, -0.1) is 11.3 Å². The molecule has 0 saturated heterocycles. The number of hydrogen-bond donors (Lipinski definition) is 3. The van der Waals surface area contributed by atoms with Crippen LogP contribution in [0.25, 0.3) is 10.1 Å². The van der Waals surface area contributed by atoms with Gasteiger partial charge in [-0.05, 0) is 36.9 Å². The number of nitrogens with one attached hydrogen (secondary N) is 1. The maximum absolute atomic E-state index is 11.7. The molecule has 0 bridgehead atoms. The highest BCUT2D eigenvalue weighted by Crippen LogP contribution is 2.29. The molecule has 1 amide bonds. The van der Waals surface area contributed by atoms with Gasteiger partial charge in [0.1, 0.15) is 6.10 Å². The zero-order valence-corrected chi connectivity index (χ0v) is 13.6. The number of thiophene rings is 1. The van der Waals surface area contributed by atoms with Crippen LogP contribution in [0.2, 0.25) is 0 Å². The standard InChI is InChI=1S/C17H24N2O2S/c18-10-6-2-1-3-9-17(21)19-12-14(20)16-11-13-7-4-5-8-15(13)22-16/h4-5,7-8,11,14,20H,1-3,6,9-10,12,18H2,(H,19,21). The summed E-state index contributed by atoms with van der Waals surface area (Å²) in [7, 11) is 0. The predicted molar refractivity (Wildman–Crippen MR) is 91.9 cm³/mol. The predicted octanol–water partition coefficient (Wildman–Crippen LogP) is 2.96. The molecule has 1 aromatic heterocycles. The van der Waals surface area contributed by atoms with Crippen molar-refractivity contribution in [3.8, 4) is 0 Å². The number of hydrogen-bond acceptors (Lipinski definition) is 4. The summed E-state index contributed by atoms with van der Waals surface area (Å²) in [6.45, 7) is 0.988. The van der Waals surface area contributed by atoms with Gasteiger partial charge < -0.3 is 16.2 Å². The lowest BCUT2D eigenvalue weighted by molar-refractivity contribution is -0.121. The van der Waals surface area contributed by atoms with Gasteiger partial charge in [-0.25, -0.2) is 0 Å². The Hall–Kier alpha value is -1.43. The third-order valence-corrected chi connectivity index (χ3v) is 4.84. The van der Waals surface area contributed by atoms with E-state index >= 15 is 0 Å². The van der Waals surface area contributed by atoms with Crippen molar-refractivity contribution < 1.29 is 9.90 Å². The molecule has 0 spiro atoms. The molecule has 0 radical (unpaired) electrons. The van der Waals surface area contributed by atoms with Crippen LogP contribution in [0, 0.1) is 0 Å². The van der Waals surface area contributed by atoms with Crippen LogP contribution in [0.5, 0.6) is 0 Å². The molecular weight excluding hydrogens is 296 g/mol. The topological polar surface area (TPSA) is 75.4 Å². The zero-order chi connectivity index (χ0) is 15.8. The number of fused-ring (bicyclic) bond motifs is 1. The number of carbonyl (C=O) groups excluding carboxylic acids is 1. The molecule has 0 aliphatic rings. The van der Waals surface area contributed by atoms with Gasteiger partial charge in [0.2, 0.25) is 5.91 Å². The Morgan fingerprint density at radius 3 is 2.77 bits per heavy atom. The van der Waals surface area contributed by atoms with Crippen LogP contribution in [-0.2, 0) is 4.79 Å². The number of benzene rings is 1. The molecular formula is C17H24N2O2S. The lowest BCUT2D eigenvalue weighted by Gasteiger charge is -2.10. The van der Waals surface area contributed by atoms with Crippen molar-refractivity contribution in [2.45, 2.75) is 38.2 Å². The molecule has 0 saturated carbocycles. The first kappa shape index (κ1) is 16.9. The maximum Gasteiger partial charge on any atom is 0.220 e. The second-order valence-corrected chi connectivity index (χ2v) is 6.57. The summed E-state index contributed by atoms with van der Waals surface area (Å²) in [5, 5.41) is 14.1. The van der Waals surface area contributed by atoms with Crippen LogP contribution in [0.1, 0.15) is 43.1 Å². The fourth-order valence-corrected chi connectivity index (χ4v) is 3.40. The second kappa shape index (κ2) is 8.88. The first-order chi connectivity index (χ1) is 10.7. The van der Waals surface area contributed by atoms with Crippen LogP contribution in [-0.4, -0.2) is 24.1 Å². The molecule has 0 aliphatic heterocycles. The van der Waals surface area contributed by atoms with E-state index in [2.05, 4.69) is 5.32 Å². The second-order valence-electron chi connectivity index (χ2n) is 5.46. The van der Waals surface area contributed by atoms with Crippen LogP contribution in [0.15, 0.2) is 30.3 Å². The van der Waals surface area contributed by atoms with Crippen LogP contribution >= 0.6 is 11.3 Å². The molecule has 0 aliphatic carbocycles. The molecule has 1 heterocycles. The Labute approximate surface area is 135 Å². The third kappa shape index (κ3) is 5.09. The smallest absolute Gasteiger partial charge is 0.220 e. The largest absolute Gasteiger partial charge is 0.386 e. The number of unbranched alkanes of at least 4 members (excludes halogenated alkanes) is 3. The number of aliphatic hydroxyl groups is 1. The van der Waals surface area contributed by atoms with Crippen molar-refractivity contribution >= 4 is 27.3 Å². The molecule has 4 N–H and O–H groups in total. The highest BCUT2D eigenvalue weighted by molar-refractivity contribution is 7.19. The Bertz CT molecular complexity index is 564. The van der Waals surface area contributed by atoms with Gasteiger partial charge in [0, 0.05) is 22.5 Å². The summed E-state index contributed by atoms with van der Waals surface area (Å²) < 4.78 is 1.16. The van der Waals surface area contributed by atoms with Gasteiger partial charge >= 0.3 is 0 Å². The zero-order valence-electron chi connectivity index (χ0n) is 12.8. The van der Waals surface area contributed by atoms with Gasteiger partial charge in [-0.2, -0.15) is 0 Å². The molecule has 120 valence electrons. The molecule has 0 fully saturated rings. The van der Waals surface area contributed by atoms with Crippen LogP contribution in [0.3, 0.4) is 0 Å². The van der Waals surface area contributed by atoms with E-state index in [4.69, 9.17) is 5.73 Å². The first-order valence-corrected chi connectivity index (χ1v) is 8.65. The molecule has 5 heteroatoms. The van der Waals surface area contributed by atoms with E-state index in [1.807, 2.05) is 30.3 Å². The fraction of sp³-hybridized carbons (Fsp3) is 0.471.